The molecule has 1 aromatic carbocycles. The maximum Gasteiger partial charge on any atom is 0.239 e. The van der Waals surface area contributed by atoms with Gasteiger partial charge in [-0.25, -0.2) is 0 Å². The van der Waals surface area contributed by atoms with E-state index in [1.165, 1.54) is 37.8 Å². The van der Waals surface area contributed by atoms with Crippen LogP contribution >= 0.6 is 0 Å². The quantitative estimate of drug-likeness (QED) is 0.439. The van der Waals surface area contributed by atoms with Gasteiger partial charge in [-0.2, -0.15) is 0 Å². The van der Waals surface area contributed by atoms with Gasteiger partial charge in [0.05, 0.1) is 12.6 Å². The predicted octanol–water partition coefficient (Wildman–Crippen LogP) is 5.86. The Morgan fingerprint density at radius 1 is 1.06 bits per heavy atom. The van der Waals surface area contributed by atoms with Gasteiger partial charge in [-0.15, -0.1) is 0 Å². The van der Waals surface area contributed by atoms with Crippen molar-refractivity contribution in [3.63, 3.8) is 0 Å². The van der Waals surface area contributed by atoms with Gasteiger partial charge in [-0.3, -0.25) is 4.79 Å². The highest BCUT2D eigenvalue weighted by molar-refractivity contribution is 5.82. The van der Waals surface area contributed by atoms with Gasteiger partial charge in [0, 0.05) is 31.4 Å². The summed E-state index contributed by atoms with van der Waals surface area (Å²) in [7, 11) is 0. The molecular formula is C29H49N3O2. The molecule has 1 aliphatic carbocycles. The second-order valence-electron chi connectivity index (χ2n) is 11.2. The van der Waals surface area contributed by atoms with Crippen LogP contribution in [0, 0.1) is 17.8 Å². The van der Waals surface area contributed by atoms with Gasteiger partial charge >= 0.3 is 0 Å². The number of hydrogen-bond donors (Lipinski definition) is 1. The molecular weight excluding hydrogens is 422 g/mol. The van der Waals surface area contributed by atoms with Gasteiger partial charge in [0.25, 0.3) is 0 Å². The average Bonchev–Trinajstić information content (AvgIpc) is 2.87. The van der Waals surface area contributed by atoms with E-state index >= 15 is 0 Å². The predicted molar refractivity (Wildman–Crippen MR) is 142 cm³/mol. The van der Waals surface area contributed by atoms with Crippen LogP contribution in [0.25, 0.3) is 0 Å². The number of hydrogen-bond acceptors (Lipinski definition) is 4. The summed E-state index contributed by atoms with van der Waals surface area (Å²) in [6, 6.07) is 8.82. The fourth-order valence-electron chi connectivity index (χ4n) is 5.33. The molecule has 2 unspecified atom stereocenters. The number of carbonyl (C=O) groups excluding carboxylic acids is 1. The Kier molecular flexibility index (Phi) is 10.6. The van der Waals surface area contributed by atoms with Crippen LogP contribution in [0.1, 0.15) is 85.5 Å². The van der Waals surface area contributed by atoms with Crippen LogP contribution in [0.2, 0.25) is 0 Å². The van der Waals surface area contributed by atoms with E-state index in [1.807, 2.05) is 4.90 Å². The van der Waals surface area contributed by atoms with E-state index in [1.54, 1.807) is 0 Å². The van der Waals surface area contributed by atoms with Crippen LogP contribution in [0.4, 0.5) is 5.69 Å². The summed E-state index contributed by atoms with van der Waals surface area (Å²) in [5.41, 5.74) is 7.51. The molecule has 1 amide bonds. The van der Waals surface area contributed by atoms with Crippen molar-refractivity contribution in [2.24, 2.45) is 23.5 Å². The number of anilines is 1. The van der Waals surface area contributed by atoms with Crippen LogP contribution in [0.5, 0.6) is 5.75 Å². The minimum atomic E-state index is -0.375. The third-order valence-corrected chi connectivity index (χ3v) is 8.09. The molecule has 2 fully saturated rings. The van der Waals surface area contributed by atoms with Crippen molar-refractivity contribution in [1.82, 2.24) is 4.90 Å². The van der Waals surface area contributed by atoms with E-state index in [2.05, 4.69) is 56.9 Å². The van der Waals surface area contributed by atoms with Crippen molar-refractivity contribution in [2.45, 2.75) is 97.6 Å². The topological polar surface area (TPSA) is 58.8 Å². The van der Waals surface area contributed by atoms with Gasteiger partial charge in [-0.05, 0) is 74.1 Å². The molecule has 1 heterocycles. The fraction of sp³-hybridized carbons (Fsp3) is 0.759. The highest BCUT2D eigenvalue weighted by Crippen LogP contribution is 2.29. The minimum Gasteiger partial charge on any atom is -0.493 e. The second-order valence-corrected chi connectivity index (χ2v) is 11.2. The number of likely N-dealkylation sites (tertiary alicyclic amines) is 1. The second kappa shape index (κ2) is 13.4. The molecule has 5 heteroatoms. The summed E-state index contributed by atoms with van der Waals surface area (Å²) >= 11 is 0. The monoisotopic (exact) mass is 471 g/mol. The van der Waals surface area contributed by atoms with Gasteiger partial charge in [-0.1, -0.05) is 53.4 Å². The molecule has 1 saturated carbocycles. The Morgan fingerprint density at radius 3 is 2.29 bits per heavy atom. The van der Waals surface area contributed by atoms with Gasteiger partial charge in [0.2, 0.25) is 5.91 Å². The molecule has 1 aliphatic heterocycles. The zero-order valence-corrected chi connectivity index (χ0v) is 22.2. The first-order chi connectivity index (χ1) is 16.4. The maximum absolute atomic E-state index is 12.8. The lowest BCUT2D eigenvalue weighted by Crippen LogP contribution is -2.52. The lowest BCUT2D eigenvalue weighted by molar-refractivity contribution is -0.134. The van der Waals surface area contributed by atoms with Crippen molar-refractivity contribution in [3.8, 4) is 5.75 Å². The third-order valence-electron chi connectivity index (χ3n) is 8.09. The Bertz CT molecular complexity index is 721. The van der Waals surface area contributed by atoms with Crippen molar-refractivity contribution in [2.75, 3.05) is 31.1 Å². The third kappa shape index (κ3) is 7.63. The molecule has 0 aromatic heterocycles. The van der Waals surface area contributed by atoms with Crippen LogP contribution in [0.3, 0.4) is 0 Å². The Balaban J connectivity index is 1.59. The number of benzene rings is 1. The SMILES string of the molecule is CCC(C)C(N)C(=O)N1CCC(N(CCC(C)C)c2ccc(OCC3CCCCC3)cc2)CC1. The first-order valence-corrected chi connectivity index (χ1v) is 13.9. The Hall–Kier alpha value is -1.75. The normalized spacial score (nSPS) is 19.8. The fourth-order valence-corrected chi connectivity index (χ4v) is 5.33. The summed E-state index contributed by atoms with van der Waals surface area (Å²) in [4.78, 5) is 17.4. The van der Waals surface area contributed by atoms with E-state index in [-0.39, 0.29) is 17.9 Å². The number of rotatable bonds is 11. The molecule has 192 valence electrons. The van der Waals surface area contributed by atoms with Gasteiger partial charge in [0.1, 0.15) is 5.75 Å². The lowest BCUT2D eigenvalue weighted by Gasteiger charge is -2.41. The maximum atomic E-state index is 12.8. The smallest absolute Gasteiger partial charge is 0.239 e. The molecule has 5 nitrogen and oxygen atoms in total. The molecule has 0 spiro atoms. The minimum absolute atomic E-state index is 0.126. The largest absolute Gasteiger partial charge is 0.493 e. The molecule has 2 aliphatic rings. The first kappa shape index (κ1) is 26.8. The zero-order valence-electron chi connectivity index (χ0n) is 22.2. The van der Waals surface area contributed by atoms with E-state index in [9.17, 15) is 4.79 Å². The summed E-state index contributed by atoms with van der Waals surface area (Å²) in [6.07, 6.45) is 10.8. The van der Waals surface area contributed by atoms with E-state index in [0.717, 1.165) is 63.6 Å². The summed E-state index contributed by atoms with van der Waals surface area (Å²) in [5, 5.41) is 0. The van der Waals surface area contributed by atoms with Gasteiger partial charge < -0.3 is 20.3 Å². The molecule has 1 saturated heterocycles. The van der Waals surface area contributed by atoms with Crippen LogP contribution in [-0.2, 0) is 4.79 Å². The van der Waals surface area contributed by atoms with Crippen LogP contribution in [0.15, 0.2) is 24.3 Å². The number of amides is 1. The van der Waals surface area contributed by atoms with Crippen molar-refractivity contribution in [3.05, 3.63) is 24.3 Å². The van der Waals surface area contributed by atoms with E-state index in [0.29, 0.717) is 12.0 Å². The van der Waals surface area contributed by atoms with Crippen LogP contribution in [-0.4, -0.2) is 49.1 Å². The summed E-state index contributed by atoms with van der Waals surface area (Å²) < 4.78 is 6.14. The molecule has 0 bridgehead atoms. The standard InChI is InChI=1S/C29H49N3O2/c1-5-23(4)28(30)29(33)31-18-16-26(17-19-31)32(20-15-22(2)3)25-11-13-27(14-12-25)34-21-24-9-7-6-8-10-24/h11-14,22-24,26,28H,5-10,15-21,30H2,1-4H3. The van der Waals surface area contributed by atoms with E-state index in [4.69, 9.17) is 10.5 Å². The molecule has 2 atom stereocenters. The van der Waals surface area contributed by atoms with Crippen molar-refractivity contribution >= 4 is 11.6 Å². The van der Waals surface area contributed by atoms with Crippen molar-refractivity contribution < 1.29 is 9.53 Å². The molecule has 0 radical (unpaired) electrons. The molecule has 34 heavy (non-hydrogen) atoms. The molecule has 1 aromatic rings. The average molecular weight is 472 g/mol. The number of carbonyl (C=O) groups is 1. The van der Waals surface area contributed by atoms with Crippen LogP contribution < -0.4 is 15.4 Å². The number of piperidine rings is 1. The zero-order chi connectivity index (χ0) is 24.5. The van der Waals surface area contributed by atoms with E-state index < -0.39 is 0 Å². The number of nitrogens with zero attached hydrogens (tertiary/aromatic N) is 2. The highest BCUT2D eigenvalue weighted by Gasteiger charge is 2.31. The Labute approximate surface area is 208 Å². The van der Waals surface area contributed by atoms with Gasteiger partial charge in [0.15, 0.2) is 0 Å². The highest BCUT2D eigenvalue weighted by atomic mass is 16.5. The Morgan fingerprint density at radius 2 is 1.71 bits per heavy atom. The lowest BCUT2D eigenvalue weighted by atomic mass is 9.90. The molecule has 2 N–H and O–H groups in total. The van der Waals surface area contributed by atoms with Crippen molar-refractivity contribution in [1.29, 1.82) is 0 Å². The first-order valence-electron chi connectivity index (χ1n) is 13.9. The summed E-state index contributed by atoms with van der Waals surface area (Å²) in [5.74, 6) is 2.72. The number of nitrogens with two attached hydrogens (primary N) is 1. The molecule has 3 rings (SSSR count). The number of ether oxygens (including phenoxy) is 1. The summed E-state index contributed by atoms with van der Waals surface area (Å²) in [6.45, 7) is 12.2.